The van der Waals surface area contributed by atoms with Crippen LogP contribution in [-0.4, -0.2) is 40.8 Å². The lowest BCUT2D eigenvalue weighted by Gasteiger charge is -2.22. The summed E-state index contributed by atoms with van der Waals surface area (Å²) in [5.41, 5.74) is 2.14. The Morgan fingerprint density at radius 1 is 1.48 bits per heavy atom. The Balaban J connectivity index is 1.58. The molecule has 0 aromatic carbocycles. The minimum absolute atomic E-state index is 0.677. The maximum absolute atomic E-state index is 5.68. The molecule has 0 aliphatic carbocycles. The number of aryl methyl sites for hydroxylation is 1. The number of likely N-dealkylation sites (tertiary alicyclic amines) is 1. The number of nitrogens with one attached hydrogen (secondary N) is 2. The molecule has 5 nitrogen and oxygen atoms in total. The maximum Gasteiger partial charge on any atom is 0.152 e. The van der Waals surface area contributed by atoms with Crippen LogP contribution in [0.3, 0.4) is 0 Å². The highest BCUT2D eigenvalue weighted by molar-refractivity contribution is 5.56. The number of rotatable bonds is 6. The fourth-order valence-corrected chi connectivity index (χ4v) is 3.14. The summed E-state index contributed by atoms with van der Waals surface area (Å²) in [6.07, 6.45) is 4.51. The molecule has 2 N–H and O–H groups in total. The molecule has 1 aliphatic rings. The lowest BCUT2D eigenvalue weighted by molar-refractivity contribution is 0.260. The second-order valence-corrected chi connectivity index (χ2v) is 5.74. The Kier molecular flexibility index (Phi) is 4.41. The molecule has 21 heavy (non-hydrogen) atoms. The van der Waals surface area contributed by atoms with Gasteiger partial charge in [0.25, 0.3) is 0 Å². The first kappa shape index (κ1) is 14.4. The zero-order valence-electron chi connectivity index (χ0n) is 12.9. The molecule has 0 bridgehead atoms. The van der Waals surface area contributed by atoms with Crippen LogP contribution in [0, 0.1) is 6.92 Å². The van der Waals surface area contributed by atoms with Crippen LogP contribution in [0.1, 0.15) is 31.1 Å². The fraction of sp³-hybridized carbons (Fsp3) is 0.562. The Hall–Kier alpha value is -1.59. The number of aromatic nitrogens is 2. The molecule has 5 heteroatoms. The van der Waals surface area contributed by atoms with Crippen LogP contribution in [0.25, 0.3) is 11.5 Å². The van der Waals surface area contributed by atoms with Crippen molar-refractivity contribution in [3.8, 4) is 11.5 Å². The summed E-state index contributed by atoms with van der Waals surface area (Å²) in [5, 5.41) is 10.8. The normalized spacial score (nSPS) is 19.4. The molecular weight excluding hydrogens is 264 g/mol. The van der Waals surface area contributed by atoms with Crippen LogP contribution in [-0.2, 0) is 6.54 Å². The summed E-state index contributed by atoms with van der Waals surface area (Å²) in [6, 6.07) is 4.64. The molecule has 2 aromatic rings. The van der Waals surface area contributed by atoms with E-state index in [-0.39, 0.29) is 0 Å². The van der Waals surface area contributed by atoms with Crippen LogP contribution in [0.5, 0.6) is 0 Å². The van der Waals surface area contributed by atoms with Gasteiger partial charge in [0, 0.05) is 24.7 Å². The van der Waals surface area contributed by atoms with Crippen LogP contribution in [0.2, 0.25) is 0 Å². The van der Waals surface area contributed by atoms with Gasteiger partial charge in [-0.15, -0.1) is 0 Å². The molecule has 2 aromatic heterocycles. The van der Waals surface area contributed by atoms with E-state index >= 15 is 0 Å². The first-order valence-electron chi connectivity index (χ1n) is 7.81. The van der Waals surface area contributed by atoms with Gasteiger partial charge in [0.1, 0.15) is 11.5 Å². The predicted octanol–water partition coefficient (Wildman–Crippen LogP) is 2.55. The molecule has 1 unspecified atom stereocenters. The first-order valence-corrected chi connectivity index (χ1v) is 7.81. The van der Waals surface area contributed by atoms with Crippen molar-refractivity contribution in [2.45, 2.75) is 39.3 Å². The number of likely N-dealkylation sites (N-methyl/N-ethyl adjacent to an activating group) is 1. The molecule has 114 valence electrons. The van der Waals surface area contributed by atoms with E-state index < -0.39 is 0 Å². The number of aromatic amines is 1. The second kappa shape index (κ2) is 6.45. The Labute approximate surface area is 125 Å². The van der Waals surface area contributed by atoms with Crippen molar-refractivity contribution in [1.29, 1.82) is 0 Å². The molecule has 1 aliphatic heterocycles. The molecule has 0 radical (unpaired) electrons. The summed E-state index contributed by atoms with van der Waals surface area (Å²) < 4.78 is 5.68. The van der Waals surface area contributed by atoms with Gasteiger partial charge in [-0.1, -0.05) is 6.92 Å². The summed E-state index contributed by atoms with van der Waals surface area (Å²) in [6.45, 7) is 8.44. The van der Waals surface area contributed by atoms with Crippen molar-refractivity contribution >= 4 is 0 Å². The summed E-state index contributed by atoms with van der Waals surface area (Å²) in [5.74, 6) is 1.78. The van der Waals surface area contributed by atoms with Crippen LogP contribution < -0.4 is 5.32 Å². The maximum atomic E-state index is 5.68. The number of H-pyrrole nitrogens is 1. The van der Waals surface area contributed by atoms with Crippen molar-refractivity contribution in [1.82, 2.24) is 20.4 Å². The number of hydrogen-bond donors (Lipinski definition) is 2. The topological polar surface area (TPSA) is 57.1 Å². The number of hydrogen-bond acceptors (Lipinski definition) is 4. The van der Waals surface area contributed by atoms with Crippen molar-refractivity contribution in [3.05, 3.63) is 29.7 Å². The van der Waals surface area contributed by atoms with E-state index in [0.717, 1.165) is 42.4 Å². The van der Waals surface area contributed by atoms with Crippen molar-refractivity contribution < 1.29 is 4.42 Å². The average molecular weight is 288 g/mol. The highest BCUT2D eigenvalue weighted by Gasteiger charge is 2.22. The molecule has 3 rings (SSSR count). The third-order valence-corrected chi connectivity index (χ3v) is 4.31. The minimum atomic E-state index is 0.677. The largest absolute Gasteiger partial charge is 0.460 e. The van der Waals surface area contributed by atoms with Gasteiger partial charge in [0.05, 0.1) is 6.20 Å². The lowest BCUT2D eigenvalue weighted by atomic mass is 10.2. The minimum Gasteiger partial charge on any atom is -0.460 e. The standard InChI is InChI=1S/C16H24N4O/c1-3-20-8-4-5-14(20)11-17-9-13-10-18-19-16(13)15-7-6-12(2)21-15/h6-7,10,14,17H,3-5,8-9,11H2,1-2H3,(H,18,19). The quantitative estimate of drug-likeness (QED) is 0.857. The van der Waals surface area contributed by atoms with Gasteiger partial charge < -0.3 is 9.73 Å². The van der Waals surface area contributed by atoms with Crippen molar-refractivity contribution in [2.24, 2.45) is 0 Å². The smallest absolute Gasteiger partial charge is 0.152 e. The first-order chi connectivity index (χ1) is 10.3. The molecule has 0 spiro atoms. The third-order valence-electron chi connectivity index (χ3n) is 4.31. The van der Waals surface area contributed by atoms with Crippen molar-refractivity contribution in [3.63, 3.8) is 0 Å². The molecule has 1 atom stereocenters. The van der Waals surface area contributed by atoms with Gasteiger partial charge in [-0.25, -0.2) is 0 Å². The zero-order valence-corrected chi connectivity index (χ0v) is 12.9. The van der Waals surface area contributed by atoms with E-state index in [4.69, 9.17) is 4.42 Å². The van der Waals surface area contributed by atoms with Gasteiger partial charge in [-0.2, -0.15) is 5.10 Å². The summed E-state index contributed by atoms with van der Waals surface area (Å²) in [7, 11) is 0. The molecule has 1 fully saturated rings. The van der Waals surface area contributed by atoms with Crippen LogP contribution in [0.15, 0.2) is 22.7 Å². The summed E-state index contributed by atoms with van der Waals surface area (Å²) >= 11 is 0. The van der Waals surface area contributed by atoms with Gasteiger partial charge in [0.2, 0.25) is 0 Å². The SMILES string of the molecule is CCN1CCCC1CNCc1cn[nH]c1-c1ccc(C)o1. The van der Waals surface area contributed by atoms with Gasteiger partial charge >= 0.3 is 0 Å². The monoisotopic (exact) mass is 288 g/mol. The van der Waals surface area contributed by atoms with Crippen LogP contribution >= 0.6 is 0 Å². The highest BCUT2D eigenvalue weighted by atomic mass is 16.3. The number of furan rings is 1. The third kappa shape index (κ3) is 3.19. The molecule has 0 saturated carbocycles. The van der Waals surface area contributed by atoms with Gasteiger partial charge in [0.15, 0.2) is 5.76 Å². The van der Waals surface area contributed by atoms with E-state index in [0.29, 0.717) is 6.04 Å². The average Bonchev–Trinajstić information content (AvgIpc) is 3.19. The molecule has 3 heterocycles. The summed E-state index contributed by atoms with van der Waals surface area (Å²) in [4.78, 5) is 2.55. The fourth-order valence-electron chi connectivity index (χ4n) is 3.14. The van der Waals surface area contributed by atoms with E-state index in [1.807, 2.05) is 25.3 Å². The molecular formula is C16H24N4O. The highest BCUT2D eigenvalue weighted by Crippen LogP contribution is 2.23. The number of nitrogens with zero attached hydrogens (tertiary/aromatic N) is 2. The van der Waals surface area contributed by atoms with E-state index in [2.05, 4.69) is 27.3 Å². The zero-order chi connectivity index (χ0) is 14.7. The lowest BCUT2D eigenvalue weighted by Crippen LogP contribution is -2.37. The molecule has 0 amide bonds. The van der Waals surface area contributed by atoms with E-state index in [1.54, 1.807) is 0 Å². The predicted molar refractivity (Wildman–Crippen MR) is 83.0 cm³/mol. The molecule has 1 saturated heterocycles. The van der Waals surface area contributed by atoms with E-state index in [9.17, 15) is 0 Å². The second-order valence-electron chi connectivity index (χ2n) is 5.74. The van der Waals surface area contributed by atoms with Gasteiger partial charge in [-0.3, -0.25) is 10.00 Å². The Morgan fingerprint density at radius 2 is 2.38 bits per heavy atom. The Morgan fingerprint density at radius 3 is 3.14 bits per heavy atom. The Bertz CT molecular complexity index is 574. The van der Waals surface area contributed by atoms with Crippen LogP contribution in [0.4, 0.5) is 0 Å². The van der Waals surface area contributed by atoms with E-state index in [1.165, 1.54) is 19.4 Å². The van der Waals surface area contributed by atoms with Crippen molar-refractivity contribution in [2.75, 3.05) is 19.6 Å². The van der Waals surface area contributed by atoms with Gasteiger partial charge in [-0.05, 0) is 45.0 Å².